The molecule has 0 radical (unpaired) electrons. The molecular weight excluding hydrogens is 250 g/mol. The van der Waals surface area contributed by atoms with Crippen molar-refractivity contribution in [3.8, 4) is 0 Å². The lowest BCUT2D eigenvalue weighted by Crippen LogP contribution is -2.63. The van der Waals surface area contributed by atoms with E-state index in [1.165, 1.54) is 0 Å². The number of aromatic nitrogens is 1. The molecule has 20 heavy (non-hydrogen) atoms. The minimum Gasteiger partial charge on any atom is -0.324 e. The van der Waals surface area contributed by atoms with Crippen molar-refractivity contribution < 1.29 is 4.79 Å². The number of rotatable bonds is 3. The Morgan fingerprint density at radius 2 is 1.85 bits per heavy atom. The smallest absolute Gasteiger partial charge is 0.243 e. The van der Waals surface area contributed by atoms with Crippen molar-refractivity contribution in [1.82, 2.24) is 9.88 Å². The molecule has 4 heteroatoms. The quantitative estimate of drug-likeness (QED) is 0.866. The van der Waals surface area contributed by atoms with E-state index in [-0.39, 0.29) is 18.0 Å². The lowest BCUT2D eigenvalue weighted by Gasteiger charge is -2.48. The van der Waals surface area contributed by atoms with Crippen LogP contribution in [-0.2, 0) is 4.79 Å². The van der Waals surface area contributed by atoms with Gasteiger partial charge in [0, 0.05) is 6.20 Å². The van der Waals surface area contributed by atoms with Crippen molar-refractivity contribution in [3.05, 3.63) is 66.0 Å². The summed E-state index contributed by atoms with van der Waals surface area (Å²) in [7, 11) is 0. The molecule has 1 aromatic heterocycles. The van der Waals surface area contributed by atoms with E-state index in [0.29, 0.717) is 0 Å². The molecule has 1 aliphatic rings. The Morgan fingerprint density at radius 3 is 2.50 bits per heavy atom. The number of carbonyl (C=O) groups is 1. The lowest BCUT2D eigenvalue weighted by molar-refractivity contribution is -0.154. The highest BCUT2D eigenvalue weighted by molar-refractivity contribution is 5.89. The van der Waals surface area contributed by atoms with E-state index in [2.05, 4.69) is 4.98 Å². The number of likely N-dealkylation sites (tertiary alicyclic amines) is 1. The van der Waals surface area contributed by atoms with E-state index in [4.69, 9.17) is 5.73 Å². The van der Waals surface area contributed by atoms with Crippen LogP contribution in [0.2, 0.25) is 0 Å². The first kappa shape index (κ1) is 12.8. The van der Waals surface area contributed by atoms with Crippen molar-refractivity contribution in [2.75, 3.05) is 0 Å². The Hall–Kier alpha value is -2.20. The van der Waals surface area contributed by atoms with Crippen LogP contribution in [0.15, 0.2) is 54.7 Å². The number of β-lactam (4-membered cyclic amide) rings is 1. The molecule has 2 aromatic rings. The fourth-order valence-electron chi connectivity index (χ4n) is 2.74. The van der Waals surface area contributed by atoms with Gasteiger partial charge in [0.05, 0.1) is 17.8 Å². The molecule has 3 rings (SSSR count). The van der Waals surface area contributed by atoms with Crippen molar-refractivity contribution in [1.29, 1.82) is 0 Å². The molecule has 1 aromatic carbocycles. The highest BCUT2D eigenvalue weighted by atomic mass is 16.2. The highest BCUT2D eigenvalue weighted by Gasteiger charge is 2.48. The number of benzene rings is 1. The minimum absolute atomic E-state index is 0.00416. The van der Waals surface area contributed by atoms with Crippen LogP contribution in [-0.4, -0.2) is 21.8 Å². The summed E-state index contributed by atoms with van der Waals surface area (Å²) in [5, 5.41) is 0. The van der Waals surface area contributed by atoms with Gasteiger partial charge in [-0.2, -0.15) is 0 Å². The first-order valence-corrected chi connectivity index (χ1v) is 6.74. The minimum atomic E-state index is -0.490. The van der Waals surface area contributed by atoms with Crippen LogP contribution < -0.4 is 5.73 Å². The maximum Gasteiger partial charge on any atom is 0.243 e. The van der Waals surface area contributed by atoms with Gasteiger partial charge in [-0.05, 0) is 24.6 Å². The van der Waals surface area contributed by atoms with Crippen LogP contribution in [0, 0.1) is 0 Å². The van der Waals surface area contributed by atoms with Gasteiger partial charge in [0.15, 0.2) is 0 Å². The molecular formula is C16H17N3O. The fourth-order valence-corrected chi connectivity index (χ4v) is 2.74. The number of amides is 1. The number of hydrogen-bond donors (Lipinski definition) is 1. The van der Waals surface area contributed by atoms with Gasteiger partial charge in [-0.3, -0.25) is 9.78 Å². The van der Waals surface area contributed by atoms with E-state index >= 15 is 0 Å². The molecule has 1 fully saturated rings. The third-order valence-corrected chi connectivity index (χ3v) is 3.87. The van der Waals surface area contributed by atoms with Crippen molar-refractivity contribution in [2.45, 2.75) is 25.0 Å². The standard InChI is InChI=1S/C16H17N3O/c1-11(12-7-3-2-4-8-12)19-15(14(17)16(19)20)13-9-5-6-10-18-13/h2-11,14-15H,17H2,1H3/t11?,14-,15-/m1/s1. The largest absolute Gasteiger partial charge is 0.324 e. The summed E-state index contributed by atoms with van der Waals surface area (Å²) in [5.74, 6) is -0.0167. The fraction of sp³-hybridized carbons (Fsp3) is 0.250. The summed E-state index contributed by atoms with van der Waals surface area (Å²) in [6.45, 7) is 2.02. The van der Waals surface area contributed by atoms with Crippen LogP contribution in [0.5, 0.6) is 0 Å². The van der Waals surface area contributed by atoms with Gasteiger partial charge in [0.1, 0.15) is 6.04 Å². The molecule has 1 amide bonds. The summed E-state index contributed by atoms with van der Waals surface area (Å²) in [4.78, 5) is 18.3. The summed E-state index contributed by atoms with van der Waals surface area (Å²) < 4.78 is 0. The number of hydrogen-bond acceptors (Lipinski definition) is 3. The van der Waals surface area contributed by atoms with Gasteiger partial charge < -0.3 is 10.6 Å². The summed E-state index contributed by atoms with van der Waals surface area (Å²) in [6.07, 6.45) is 1.73. The molecule has 1 saturated heterocycles. The van der Waals surface area contributed by atoms with E-state index in [1.807, 2.05) is 60.4 Å². The molecule has 102 valence electrons. The van der Waals surface area contributed by atoms with Crippen molar-refractivity contribution in [2.24, 2.45) is 5.73 Å². The second-order valence-electron chi connectivity index (χ2n) is 5.06. The van der Waals surface area contributed by atoms with Crippen LogP contribution in [0.1, 0.15) is 30.3 Å². The third kappa shape index (κ3) is 1.98. The highest BCUT2D eigenvalue weighted by Crippen LogP contribution is 2.39. The molecule has 0 spiro atoms. The normalized spacial score (nSPS) is 23.3. The average Bonchev–Trinajstić information content (AvgIpc) is 2.52. The molecule has 1 unspecified atom stereocenters. The van der Waals surface area contributed by atoms with E-state index in [0.717, 1.165) is 11.3 Å². The number of carbonyl (C=O) groups excluding carboxylic acids is 1. The number of nitrogens with zero attached hydrogens (tertiary/aromatic N) is 2. The zero-order valence-corrected chi connectivity index (χ0v) is 11.3. The molecule has 0 saturated carbocycles. The van der Waals surface area contributed by atoms with Crippen LogP contribution in [0.3, 0.4) is 0 Å². The van der Waals surface area contributed by atoms with E-state index in [1.54, 1.807) is 6.20 Å². The number of pyridine rings is 1. The summed E-state index contributed by atoms with van der Waals surface area (Å²) in [6, 6.07) is 15.0. The van der Waals surface area contributed by atoms with Crippen LogP contribution >= 0.6 is 0 Å². The first-order chi connectivity index (χ1) is 9.70. The Bertz CT molecular complexity index is 600. The zero-order valence-electron chi connectivity index (χ0n) is 11.3. The second-order valence-corrected chi connectivity index (χ2v) is 5.06. The Balaban J connectivity index is 1.90. The summed E-state index contributed by atoms with van der Waals surface area (Å²) in [5.41, 5.74) is 7.93. The molecule has 0 aliphatic carbocycles. The SMILES string of the molecule is CC(c1ccccc1)N1C(=O)[C@H](N)[C@H]1c1ccccn1. The van der Waals surface area contributed by atoms with E-state index < -0.39 is 6.04 Å². The predicted octanol–water partition coefficient (Wildman–Crippen LogP) is 2.05. The van der Waals surface area contributed by atoms with Gasteiger partial charge in [-0.15, -0.1) is 0 Å². The van der Waals surface area contributed by atoms with Crippen LogP contribution in [0.4, 0.5) is 0 Å². The molecule has 2 N–H and O–H groups in total. The Labute approximate surface area is 118 Å². The average molecular weight is 267 g/mol. The Morgan fingerprint density at radius 1 is 1.15 bits per heavy atom. The zero-order chi connectivity index (χ0) is 14.1. The monoisotopic (exact) mass is 267 g/mol. The topological polar surface area (TPSA) is 59.2 Å². The van der Waals surface area contributed by atoms with Crippen molar-refractivity contribution >= 4 is 5.91 Å². The maximum atomic E-state index is 12.1. The van der Waals surface area contributed by atoms with Gasteiger partial charge in [0.2, 0.25) is 5.91 Å². The molecule has 4 nitrogen and oxygen atoms in total. The van der Waals surface area contributed by atoms with Gasteiger partial charge in [0.25, 0.3) is 0 Å². The number of nitrogens with two attached hydrogens (primary N) is 1. The van der Waals surface area contributed by atoms with Gasteiger partial charge in [-0.1, -0.05) is 36.4 Å². The summed E-state index contributed by atoms with van der Waals surface area (Å²) >= 11 is 0. The second kappa shape index (κ2) is 5.06. The first-order valence-electron chi connectivity index (χ1n) is 6.74. The maximum absolute atomic E-state index is 12.1. The molecule has 2 heterocycles. The molecule has 0 bridgehead atoms. The van der Waals surface area contributed by atoms with Crippen molar-refractivity contribution in [3.63, 3.8) is 0 Å². The predicted molar refractivity (Wildman–Crippen MR) is 76.7 cm³/mol. The third-order valence-electron chi connectivity index (χ3n) is 3.87. The van der Waals surface area contributed by atoms with Gasteiger partial charge in [-0.25, -0.2) is 0 Å². The Kier molecular flexibility index (Phi) is 3.24. The van der Waals surface area contributed by atoms with E-state index in [9.17, 15) is 4.79 Å². The van der Waals surface area contributed by atoms with Crippen LogP contribution in [0.25, 0.3) is 0 Å². The lowest BCUT2D eigenvalue weighted by atomic mass is 9.88. The van der Waals surface area contributed by atoms with Gasteiger partial charge >= 0.3 is 0 Å². The molecule has 1 aliphatic heterocycles. The molecule has 3 atom stereocenters.